The summed E-state index contributed by atoms with van der Waals surface area (Å²) in [7, 11) is -3.47. The average Bonchev–Trinajstić information content (AvgIpc) is 2.94. The van der Waals surface area contributed by atoms with Gasteiger partial charge in [0.2, 0.25) is 10.0 Å². The van der Waals surface area contributed by atoms with Gasteiger partial charge in [0, 0.05) is 37.3 Å². The maximum absolute atomic E-state index is 13.1. The van der Waals surface area contributed by atoms with E-state index in [1.165, 1.54) is 0 Å². The minimum absolute atomic E-state index is 0.0296. The molecule has 3 heterocycles. The summed E-state index contributed by atoms with van der Waals surface area (Å²) in [6, 6.07) is 7.11. The number of fused-ring (bicyclic) bond motifs is 2. The summed E-state index contributed by atoms with van der Waals surface area (Å²) in [5.74, 6) is 0.608. The van der Waals surface area contributed by atoms with E-state index < -0.39 is 10.0 Å². The summed E-state index contributed by atoms with van der Waals surface area (Å²) in [4.78, 5) is 15.4. The summed E-state index contributed by atoms with van der Waals surface area (Å²) >= 11 is 0. The van der Waals surface area contributed by atoms with Crippen molar-refractivity contribution in [1.29, 1.82) is 0 Å². The van der Waals surface area contributed by atoms with Crippen LogP contribution in [-0.4, -0.2) is 61.8 Å². The number of hydrogen-bond acceptors (Lipinski definition) is 4. The molecular weight excluding hydrogens is 362 g/mol. The summed E-state index contributed by atoms with van der Waals surface area (Å²) in [5, 5.41) is 3.40. The Labute approximate surface area is 162 Å². The van der Waals surface area contributed by atoms with Crippen LogP contribution in [0.3, 0.4) is 0 Å². The summed E-state index contributed by atoms with van der Waals surface area (Å²) < 4.78 is 27.3. The molecule has 1 aromatic carbocycles. The predicted molar refractivity (Wildman–Crippen MR) is 104 cm³/mol. The molecule has 0 aliphatic carbocycles. The van der Waals surface area contributed by atoms with E-state index in [0.717, 1.165) is 45.2 Å². The minimum Gasteiger partial charge on any atom is -0.331 e. The van der Waals surface area contributed by atoms with Crippen LogP contribution >= 0.6 is 0 Å². The van der Waals surface area contributed by atoms with E-state index in [4.69, 9.17) is 0 Å². The molecule has 1 amide bonds. The average molecular weight is 392 g/mol. The van der Waals surface area contributed by atoms with Crippen molar-refractivity contribution in [3.05, 3.63) is 29.8 Å². The molecule has 2 bridgehead atoms. The molecule has 0 saturated carbocycles. The molecule has 0 aromatic heterocycles. The van der Waals surface area contributed by atoms with Crippen molar-refractivity contribution in [3.8, 4) is 0 Å². The zero-order chi connectivity index (χ0) is 19.0. The first-order valence-electron chi connectivity index (χ1n) is 10.1. The Morgan fingerprint density at radius 1 is 1.00 bits per heavy atom. The fourth-order valence-electron chi connectivity index (χ4n) is 4.61. The Morgan fingerprint density at radius 2 is 1.67 bits per heavy atom. The number of carbonyl (C=O) groups excluding carboxylic acids is 1. The van der Waals surface area contributed by atoms with Crippen molar-refractivity contribution in [1.82, 2.24) is 14.5 Å². The number of rotatable bonds is 3. The molecule has 2 unspecified atom stereocenters. The number of nitrogens with zero attached hydrogens (tertiary/aromatic N) is 2. The lowest BCUT2D eigenvalue weighted by atomic mass is 10.0. The van der Waals surface area contributed by atoms with Gasteiger partial charge in [0.1, 0.15) is 0 Å². The lowest BCUT2D eigenvalue weighted by Crippen LogP contribution is -2.42. The molecular formula is C20H29N3O3S. The van der Waals surface area contributed by atoms with Crippen molar-refractivity contribution in [3.63, 3.8) is 0 Å². The standard InChI is InChI=1S/C20H29N3O3S/c1-15-9-12-22(13-10-15)27(25,26)19-6-2-16(3-7-19)20(24)23-17-4-5-18(23)14-21-11-8-17/h2-3,6-7,15,17-18,21H,4-5,8-14H2,1H3. The molecule has 7 heteroatoms. The van der Waals surface area contributed by atoms with Gasteiger partial charge in [-0.25, -0.2) is 8.42 Å². The van der Waals surface area contributed by atoms with Gasteiger partial charge in [-0.15, -0.1) is 0 Å². The van der Waals surface area contributed by atoms with Gasteiger partial charge in [-0.05, 0) is 68.8 Å². The highest BCUT2D eigenvalue weighted by Gasteiger charge is 2.38. The fraction of sp³-hybridized carbons (Fsp3) is 0.650. The molecule has 27 heavy (non-hydrogen) atoms. The fourth-order valence-corrected chi connectivity index (χ4v) is 6.08. The van der Waals surface area contributed by atoms with Crippen LogP contribution in [0.15, 0.2) is 29.2 Å². The van der Waals surface area contributed by atoms with Crippen LogP contribution in [0.2, 0.25) is 0 Å². The van der Waals surface area contributed by atoms with Gasteiger partial charge >= 0.3 is 0 Å². The number of sulfonamides is 1. The Kier molecular flexibility index (Phi) is 5.27. The second-order valence-corrected chi connectivity index (χ2v) is 10.1. The molecule has 4 rings (SSSR count). The van der Waals surface area contributed by atoms with Gasteiger partial charge in [-0.3, -0.25) is 4.79 Å². The Hall–Kier alpha value is -1.44. The summed E-state index contributed by atoms with van der Waals surface area (Å²) in [6.45, 7) is 5.12. The van der Waals surface area contributed by atoms with Crippen LogP contribution in [-0.2, 0) is 10.0 Å². The van der Waals surface area contributed by atoms with Crippen LogP contribution in [0.1, 0.15) is 49.4 Å². The third-order valence-corrected chi connectivity index (χ3v) is 8.28. The summed E-state index contributed by atoms with van der Waals surface area (Å²) in [5.41, 5.74) is 0.583. The number of nitrogens with one attached hydrogen (secondary N) is 1. The number of amides is 1. The highest BCUT2D eigenvalue weighted by molar-refractivity contribution is 7.89. The molecule has 1 aromatic rings. The Balaban J connectivity index is 1.51. The number of benzene rings is 1. The molecule has 3 aliphatic heterocycles. The van der Waals surface area contributed by atoms with E-state index in [9.17, 15) is 13.2 Å². The van der Waals surface area contributed by atoms with Crippen LogP contribution in [0.5, 0.6) is 0 Å². The van der Waals surface area contributed by atoms with Gasteiger partial charge in [0.05, 0.1) is 4.90 Å². The molecule has 2 atom stereocenters. The van der Waals surface area contributed by atoms with Crippen molar-refractivity contribution in [2.24, 2.45) is 5.92 Å². The van der Waals surface area contributed by atoms with E-state index in [1.54, 1.807) is 28.6 Å². The van der Waals surface area contributed by atoms with E-state index in [-0.39, 0.29) is 16.8 Å². The van der Waals surface area contributed by atoms with Crippen molar-refractivity contribution in [2.45, 2.75) is 56.0 Å². The Morgan fingerprint density at radius 3 is 2.37 bits per heavy atom. The third-order valence-electron chi connectivity index (χ3n) is 6.37. The smallest absolute Gasteiger partial charge is 0.254 e. The molecule has 3 aliphatic rings. The first-order valence-corrected chi connectivity index (χ1v) is 11.5. The van der Waals surface area contributed by atoms with Gasteiger partial charge in [-0.1, -0.05) is 6.92 Å². The molecule has 0 radical (unpaired) electrons. The van der Waals surface area contributed by atoms with E-state index >= 15 is 0 Å². The Bertz CT molecular complexity index is 771. The first kappa shape index (κ1) is 18.9. The second-order valence-electron chi connectivity index (χ2n) is 8.20. The summed E-state index contributed by atoms with van der Waals surface area (Å²) in [6.07, 6.45) is 4.91. The monoisotopic (exact) mass is 391 g/mol. The zero-order valence-electron chi connectivity index (χ0n) is 15.9. The third kappa shape index (κ3) is 3.65. The van der Waals surface area contributed by atoms with Crippen molar-refractivity contribution < 1.29 is 13.2 Å². The van der Waals surface area contributed by atoms with Crippen molar-refractivity contribution in [2.75, 3.05) is 26.2 Å². The van der Waals surface area contributed by atoms with Gasteiger partial charge in [-0.2, -0.15) is 4.31 Å². The van der Waals surface area contributed by atoms with Crippen LogP contribution in [0.4, 0.5) is 0 Å². The number of hydrogen-bond donors (Lipinski definition) is 1. The topological polar surface area (TPSA) is 69.7 Å². The van der Waals surface area contributed by atoms with Crippen LogP contribution < -0.4 is 5.32 Å². The maximum Gasteiger partial charge on any atom is 0.254 e. The van der Waals surface area contributed by atoms with Gasteiger partial charge in [0.15, 0.2) is 0 Å². The molecule has 148 valence electrons. The van der Waals surface area contributed by atoms with Crippen molar-refractivity contribution >= 4 is 15.9 Å². The maximum atomic E-state index is 13.1. The van der Waals surface area contributed by atoms with Crippen LogP contribution in [0.25, 0.3) is 0 Å². The molecule has 6 nitrogen and oxygen atoms in total. The van der Waals surface area contributed by atoms with Gasteiger partial charge < -0.3 is 10.2 Å². The lowest BCUT2D eigenvalue weighted by molar-refractivity contribution is 0.0680. The predicted octanol–water partition coefficient (Wildman–Crippen LogP) is 2.07. The zero-order valence-corrected chi connectivity index (χ0v) is 16.7. The second kappa shape index (κ2) is 7.53. The van der Waals surface area contributed by atoms with E-state index in [0.29, 0.717) is 30.6 Å². The first-order chi connectivity index (χ1) is 13.0. The normalized spacial score (nSPS) is 27.5. The SMILES string of the molecule is CC1CCN(S(=O)(=O)c2ccc(C(=O)N3C4CCNCC3CC4)cc2)CC1. The minimum atomic E-state index is -3.47. The quantitative estimate of drug-likeness (QED) is 0.856. The number of carbonyl (C=O) groups is 1. The lowest BCUT2D eigenvalue weighted by Gasteiger charge is -2.29. The van der Waals surface area contributed by atoms with Gasteiger partial charge in [0.25, 0.3) is 5.91 Å². The van der Waals surface area contributed by atoms with Crippen LogP contribution in [0, 0.1) is 5.92 Å². The highest BCUT2D eigenvalue weighted by Crippen LogP contribution is 2.30. The molecule has 1 N–H and O–H groups in total. The molecule has 3 fully saturated rings. The van der Waals surface area contributed by atoms with E-state index in [2.05, 4.69) is 12.2 Å². The van der Waals surface area contributed by atoms with E-state index in [1.807, 2.05) is 4.90 Å². The number of piperidine rings is 1. The molecule has 3 saturated heterocycles. The highest BCUT2D eigenvalue weighted by atomic mass is 32.2. The molecule has 0 spiro atoms. The largest absolute Gasteiger partial charge is 0.331 e.